The van der Waals surface area contributed by atoms with E-state index in [0.29, 0.717) is 30.1 Å². The quantitative estimate of drug-likeness (QED) is 0.670. The molecule has 2 aromatic carbocycles. The summed E-state index contributed by atoms with van der Waals surface area (Å²) in [7, 11) is 1.69. The minimum atomic E-state index is -0.268. The molecule has 152 valence electrons. The normalized spacial score (nSPS) is 10.0. The third kappa shape index (κ3) is 6.80. The molecule has 0 atom stereocenters. The van der Waals surface area contributed by atoms with Crippen LogP contribution in [0, 0.1) is 0 Å². The van der Waals surface area contributed by atoms with E-state index >= 15 is 0 Å². The fourth-order valence-electron chi connectivity index (χ4n) is 2.71. The van der Waals surface area contributed by atoms with Gasteiger partial charge in [0.05, 0.1) is 0 Å². The molecule has 0 aliphatic heterocycles. The number of nitrogens with zero attached hydrogens (tertiary/aromatic N) is 1. The lowest BCUT2D eigenvalue weighted by molar-refractivity contribution is -0.115. The van der Waals surface area contributed by atoms with Crippen molar-refractivity contribution in [3.05, 3.63) is 66.2 Å². The van der Waals surface area contributed by atoms with Crippen LogP contribution >= 0.6 is 0 Å². The van der Waals surface area contributed by atoms with Crippen molar-refractivity contribution in [1.82, 2.24) is 4.90 Å². The van der Waals surface area contributed by atoms with Crippen molar-refractivity contribution < 1.29 is 19.1 Å². The molecule has 7 heteroatoms. The van der Waals surface area contributed by atoms with E-state index in [1.807, 2.05) is 24.3 Å². The molecule has 0 aliphatic rings. The Hall–Kier alpha value is -3.61. The van der Waals surface area contributed by atoms with Crippen LogP contribution in [0.3, 0.4) is 0 Å². The van der Waals surface area contributed by atoms with Crippen molar-refractivity contribution in [3.8, 4) is 5.75 Å². The highest BCUT2D eigenvalue weighted by Gasteiger charge is 2.15. The molecular weight excluding hydrogens is 370 g/mol. The second-order valence-electron chi connectivity index (χ2n) is 6.57. The first-order chi connectivity index (χ1) is 13.8. The number of ether oxygens (including phenoxy) is 1. The zero-order chi connectivity index (χ0) is 21.4. The maximum atomic E-state index is 12.9. The van der Waals surface area contributed by atoms with Gasteiger partial charge in [0.2, 0.25) is 11.8 Å². The summed E-state index contributed by atoms with van der Waals surface area (Å²) < 4.78 is 5.45. The third-order valence-corrected chi connectivity index (χ3v) is 3.88. The van der Waals surface area contributed by atoms with Crippen molar-refractivity contribution in [1.29, 1.82) is 0 Å². The van der Waals surface area contributed by atoms with E-state index in [0.717, 1.165) is 11.3 Å². The Kier molecular flexibility index (Phi) is 7.54. The number of hydrogen-bond donors (Lipinski definition) is 2. The zero-order valence-electron chi connectivity index (χ0n) is 16.8. The van der Waals surface area contributed by atoms with Gasteiger partial charge >= 0.3 is 0 Å². The topological polar surface area (TPSA) is 87.7 Å². The molecule has 2 rings (SSSR count). The van der Waals surface area contributed by atoms with Gasteiger partial charge < -0.3 is 20.3 Å². The summed E-state index contributed by atoms with van der Waals surface area (Å²) in [4.78, 5) is 37.2. The highest BCUT2D eigenvalue weighted by Crippen LogP contribution is 2.21. The number of carbonyl (C=O) groups is 3. The van der Waals surface area contributed by atoms with E-state index in [1.54, 1.807) is 36.2 Å². The average Bonchev–Trinajstić information content (AvgIpc) is 2.65. The van der Waals surface area contributed by atoms with Gasteiger partial charge in [-0.05, 0) is 35.9 Å². The fourth-order valence-corrected chi connectivity index (χ4v) is 2.71. The molecule has 0 saturated heterocycles. The zero-order valence-corrected chi connectivity index (χ0v) is 16.8. The van der Waals surface area contributed by atoms with Crippen LogP contribution in [0.1, 0.15) is 29.8 Å². The first-order valence-electron chi connectivity index (χ1n) is 9.07. The van der Waals surface area contributed by atoms with Gasteiger partial charge in [0.15, 0.2) is 0 Å². The lowest BCUT2D eigenvalue weighted by Crippen LogP contribution is -2.26. The number of anilines is 2. The highest BCUT2D eigenvalue weighted by molar-refractivity contribution is 5.99. The number of amides is 3. The van der Waals surface area contributed by atoms with Crippen LogP contribution in [0.25, 0.3) is 0 Å². The van der Waals surface area contributed by atoms with Gasteiger partial charge in [-0.25, -0.2) is 0 Å². The predicted molar refractivity (Wildman–Crippen MR) is 113 cm³/mol. The molecule has 0 spiro atoms. The van der Waals surface area contributed by atoms with Gasteiger partial charge in [0.25, 0.3) is 5.91 Å². The van der Waals surface area contributed by atoms with E-state index in [2.05, 4.69) is 17.2 Å². The van der Waals surface area contributed by atoms with E-state index in [9.17, 15) is 14.4 Å². The second kappa shape index (κ2) is 10.1. The molecule has 0 unspecified atom stereocenters. The van der Waals surface area contributed by atoms with Gasteiger partial charge in [0.1, 0.15) is 12.4 Å². The van der Waals surface area contributed by atoms with E-state index < -0.39 is 0 Å². The predicted octanol–water partition coefficient (Wildman–Crippen LogP) is 3.44. The van der Waals surface area contributed by atoms with Gasteiger partial charge in [0, 0.05) is 44.4 Å². The van der Waals surface area contributed by atoms with Crippen molar-refractivity contribution in [3.63, 3.8) is 0 Å². The Morgan fingerprint density at radius 2 is 1.55 bits per heavy atom. The summed E-state index contributed by atoms with van der Waals surface area (Å²) in [6.07, 6.45) is 1.67. The molecule has 3 amide bonds. The lowest BCUT2D eigenvalue weighted by atomic mass is 10.1. The van der Waals surface area contributed by atoms with Crippen LogP contribution in [-0.4, -0.2) is 36.3 Å². The van der Waals surface area contributed by atoms with Crippen LogP contribution in [0.4, 0.5) is 11.4 Å². The number of rotatable bonds is 8. The van der Waals surface area contributed by atoms with E-state index in [1.165, 1.54) is 13.8 Å². The number of carbonyl (C=O) groups excluding carboxylic acids is 3. The van der Waals surface area contributed by atoms with Crippen LogP contribution < -0.4 is 15.4 Å². The SMILES string of the molecule is C=CCOc1ccc(CN(C)C(=O)c2cc(NC(C)=O)cc(NC(C)=O)c2)cc1. The Morgan fingerprint density at radius 1 is 1.00 bits per heavy atom. The largest absolute Gasteiger partial charge is 0.490 e. The van der Waals surface area contributed by atoms with Crippen molar-refractivity contribution in [2.24, 2.45) is 0 Å². The van der Waals surface area contributed by atoms with Crippen molar-refractivity contribution in [2.75, 3.05) is 24.3 Å². The molecule has 2 aromatic rings. The molecule has 0 fully saturated rings. The van der Waals surface area contributed by atoms with Gasteiger partial charge in [-0.3, -0.25) is 14.4 Å². The smallest absolute Gasteiger partial charge is 0.254 e. The van der Waals surface area contributed by atoms with Crippen molar-refractivity contribution in [2.45, 2.75) is 20.4 Å². The molecule has 0 aromatic heterocycles. The molecule has 0 aliphatic carbocycles. The first-order valence-corrected chi connectivity index (χ1v) is 9.07. The summed E-state index contributed by atoms with van der Waals surface area (Å²) in [5.74, 6) is -0.0487. The summed E-state index contributed by atoms with van der Waals surface area (Å²) in [6, 6.07) is 12.2. The Labute approximate surface area is 170 Å². The summed E-state index contributed by atoms with van der Waals surface area (Å²) >= 11 is 0. The lowest BCUT2D eigenvalue weighted by Gasteiger charge is -2.19. The molecule has 0 bridgehead atoms. The summed E-state index contributed by atoms with van der Waals surface area (Å²) in [5, 5.41) is 5.29. The second-order valence-corrected chi connectivity index (χ2v) is 6.57. The van der Waals surface area contributed by atoms with Gasteiger partial charge in [-0.2, -0.15) is 0 Å². The molecule has 2 N–H and O–H groups in total. The van der Waals surface area contributed by atoms with E-state index in [4.69, 9.17) is 4.74 Å². The molecule has 7 nitrogen and oxygen atoms in total. The van der Waals surface area contributed by atoms with Crippen LogP contribution in [0.2, 0.25) is 0 Å². The Bertz CT molecular complexity index is 873. The first kappa shape index (κ1) is 21.7. The van der Waals surface area contributed by atoms with Gasteiger partial charge in [-0.1, -0.05) is 24.8 Å². The number of nitrogens with one attached hydrogen (secondary N) is 2. The third-order valence-electron chi connectivity index (χ3n) is 3.88. The number of benzene rings is 2. The molecular formula is C22H25N3O4. The maximum absolute atomic E-state index is 12.9. The minimum absolute atomic E-state index is 0.240. The van der Waals surface area contributed by atoms with Crippen LogP contribution in [0.15, 0.2) is 55.1 Å². The monoisotopic (exact) mass is 395 g/mol. The van der Waals surface area contributed by atoms with Crippen molar-refractivity contribution >= 4 is 29.1 Å². The van der Waals surface area contributed by atoms with Crippen LogP contribution in [0.5, 0.6) is 5.75 Å². The molecule has 0 radical (unpaired) electrons. The Balaban J connectivity index is 2.17. The average molecular weight is 395 g/mol. The number of hydrogen-bond acceptors (Lipinski definition) is 4. The summed E-state index contributed by atoms with van der Waals surface area (Å²) in [6.45, 7) is 7.18. The van der Waals surface area contributed by atoms with Crippen LogP contribution in [-0.2, 0) is 16.1 Å². The van der Waals surface area contributed by atoms with E-state index in [-0.39, 0.29) is 17.7 Å². The molecule has 29 heavy (non-hydrogen) atoms. The highest BCUT2D eigenvalue weighted by atomic mass is 16.5. The fraction of sp³-hybridized carbons (Fsp3) is 0.227. The summed E-state index contributed by atoms with van der Waals surface area (Å²) in [5.41, 5.74) is 2.16. The minimum Gasteiger partial charge on any atom is -0.490 e. The van der Waals surface area contributed by atoms with Gasteiger partial charge in [-0.15, -0.1) is 0 Å². The standard InChI is InChI=1S/C22H25N3O4/c1-5-10-29-21-8-6-17(7-9-21)14-25(4)22(28)18-11-19(23-15(2)26)13-20(12-18)24-16(3)27/h5-9,11-13H,1,10,14H2,2-4H3,(H,23,26)(H,24,27). The molecule has 0 heterocycles. The molecule has 0 saturated carbocycles. The maximum Gasteiger partial charge on any atom is 0.254 e. The Morgan fingerprint density at radius 3 is 2.03 bits per heavy atom.